The monoisotopic (exact) mass is 469 g/mol. The lowest BCUT2D eigenvalue weighted by Gasteiger charge is -2.27. The van der Waals surface area contributed by atoms with Crippen molar-refractivity contribution in [1.29, 1.82) is 0 Å². The van der Waals surface area contributed by atoms with Crippen molar-refractivity contribution in [2.75, 3.05) is 26.5 Å². The molecule has 0 spiro atoms. The molecule has 9 heteroatoms. The first-order valence-electron chi connectivity index (χ1n) is 10.7. The van der Waals surface area contributed by atoms with Crippen LogP contribution in [0.2, 0.25) is 0 Å². The van der Waals surface area contributed by atoms with Crippen LogP contribution in [0, 0.1) is 0 Å². The molecule has 0 saturated heterocycles. The molecule has 1 aliphatic heterocycles. The highest BCUT2D eigenvalue weighted by molar-refractivity contribution is 7.88. The summed E-state index contributed by atoms with van der Waals surface area (Å²) in [6, 6.07) is 15.6. The number of hydrogen-bond acceptors (Lipinski definition) is 7. The lowest BCUT2D eigenvalue weighted by molar-refractivity contribution is 0.309. The molecule has 0 N–H and O–H groups in total. The predicted octanol–water partition coefficient (Wildman–Crippen LogP) is 3.61. The van der Waals surface area contributed by atoms with E-state index in [4.69, 9.17) is 14.2 Å². The average Bonchev–Trinajstić information content (AvgIpc) is 2.82. The highest BCUT2D eigenvalue weighted by atomic mass is 32.2. The molecule has 4 rings (SSSR count). The van der Waals surface area contributed by atoms with Gasteiger partial charge in [-0.05, 0) is 60.2 Å². The SMILES string of the molecule is COc1ccnc(Oc2ccc(CCCOc3ccc4c(c3)CCN(S(C)(=O)=O)C4)cc2)n1. The van der Waals surface area contributed by atoms with Gasteiger partial charge in [0.2, 0.25) is 15.9 Å². The van der Waals surface area contributed by atoms with E-state index in [1.807, 2.05) is 42.5 Å². The summed E-state index contributed by atoms with van der Waals surface area (Å²) in [6.45, 7) is 1.54. The van der Waals surface area contributed by atoms with Crippen LogP contribution in [0.4, 0.5) is 0 Å². The Bertz CT molecular complexity index is 1200. The maximum atomic E-state index is 11.8. The van der Waals surface area contributed by atoms with Crippen molar-refractivity contribution in [2.45, 2.75) is 25.8 Å². The molecule has 0 fully saturated rings. The van der Waals surface area contributed by atoms with Gasteiger partial charge in [0.1, 0.15) is 11.5 Å². The Hall–Kier alpha value is -3.17. The second-order valence-electron chi connectivity index (χ2n) is 7.86. The molecule has 174 valence electrons. The molecule has 1 aliphatic rings. The zero-order chi connectivity index (χ0) is 23.3. The summed E-state index contributed by atoms with van der Waals surface area (Å²) in [5, 5.41) is 0. The lowest BCUT2D eigenvalue weighted by Crippen LogP contribution is -2.35. The van der Waals surface area contributed by atoms with Crippen molar-refractivity contribution in [1.82, 2.24) is 14.3 Å². The van der Waals surface area contributed by atoms with Crippen molar-refractivity contribution in [3.05, 3.63) is 71.4 Å². The van der Waals surface area contributed by atoms with E-state index in [-0.39, 0.29) is 6.01 Å². The minimum atomic E-state index is -3.16. The fraction of sp³-hybridized carbons (Fsp3) is 0.333. The summed E-state index contributed by atoms with van der Waals surface area (Å²) < 4.78 is 41.7. The first-order chi connectivity index (χ1) is 15.9. The minimum Gasteiger partial charge on any atom is -0.494 e. The normalized spacial score (nSPS) is 13.9. The van der Waals surface area contributed by atoms with Crippen LogP contribution in [0.1, 0.15) is 23.1 Å². The molecule has 33 heavy (non-hydrogen) atoms. The van der Waals surface area contributed by atoms with Crippen LogP contribution in [0.3, 0.4) is 0 Å². The summed E-state index contributed by atoms with van der Waals surface area (Å²) in [5.74, 6) is 1.93. The van der Waals surface area contributed by atoms with Gasteiger partial charge in [-0.1, -0.05) is 18.2 Å². The van der Waals surface area contributed by atoms with Gasteiger partial charge >= 0.3 is 6.01 Å². The lowest BCUT2D eigenvalue weighted by atomic mass is 10.0. The fourth-order valence-electron chi connectivity index (χ4n) is 3.66. The second-order valence-corrected chi connectivity index (χ2v) is 9.84. The van der Waals surface area contributed by atoms with Gasteiger partial charge in [-0.25, -0.2) is 13.4 Å². The molecular weight excluding hydrogens is 442 g/mol. The van der Waals surface area contributed by atoms with Crippen LogP contribution in [-0.4, -0.2) is 49.2 Å². The van der Waals surface area contributed by atoms with E-state index in [1.165, 1.54) is 16.1 Å². The van der Waals surface area contributed by atoms with Crippen molar-refractivity contribution in [3.63, 3.8) is 0 Å². The Labute approximate surface area is 194 Å². The molecule has 0 radical (unpaired) electrons. The molecular formula is C24H27N3O5S. The van der Waals surface area contributed by atoms with Gasteiger partial charge in [0.25, 0.3) is 0 Å². The summed E-state index contributed by atoms with van der Waals surface area (Å²) in [5.41, 5.74) is 3.38. The van der Waals surface area contributed by atoms with Gasteiger partial charge in [0.05, 0.1) is 20.0 Å². The third kappa shape index (κ3) is 6.21. The van der Waals surface area contributed by atoms with E-state index in [0.29, 0.717) is 37.7 Å². The molecule has 8 nitrogen and oxygen atoms in total. The third-order valence-electron chi connectivity index (χ3n) is 5.45. The van der Waals surface area contributed by atoms with E-state index in [0.717, 1.165) is 29.7 Å². The number of aromatic nitrogens is 2. The fourth-order valence-corrected chi connectivity index (χ4v) is 4.46. The Balaban J connectivity index is 1.24. The first-order valence-corrected chi connectivity index (χ1v) is 12.6. The van der Waals surface area contributed by atoms with Crippen molar-refractivity contribution in [2.24, 2.45) is 0 Å². The van der Waals surface area contributed by atoms with Gasteiger partial charge in [-0.3, -0.25) is 0 Å². The van der Waals surface area contributed by atoms with Crippen molar-refractivity contribution in [3.8, 4) is 23.4 Å². The number of aryl methyl sites for hydroxylation is 1. The van der Waals surface area contributed by atoms with E-state index >= 15 is 0 Å². The van der Waals surface area contributed by atoms with Crippen LogP contribution < -0.4 is 14.2 Å². The Morgan fingerprint density at radius 1 is 1.03 bits per heavy atom. The highest BCUT2D eigenvalue weighted by Gasteiger charge is 2.23. The number of methoxy groups -OCH3 is 1. The molecule has 2 aromatic carbocycles. The van der Waals surface area contributed by atoms with Crippen molar-refractivity contribution < 1.29 is 22.6 Å². The standard InChI is InChI=1S/C24H27N3O5S/c1-30-23-11-13-25-24(26-23)32-21-8-5-18(6-9-21)4-3-15-31-22-10-7-20-17-27(33(2,28)29)14-12-19(20)16-22/h5-11,13,16H,3-4,12,14-15,17H2,1-2H3. The molecule has 1 aromatic heterocycles. The van der Waals surface area contributed by atoms with Gasteiger partial charge in [-0.15, -0.1) is 0 Å². The Morgan fingerprint density at radius 2 is 1.82 bits per heavy atom. The molecule has 0 saturated carbocycles. The highest BCUT2D eigenvalue weighted by Crippen LogP contribution is 2.25. The minimum absolute atomic E-state index is 0.240. The van der Waals surface area contributed by atoms with E-state index in [1.54, 1.807) is 19.4 Å². The van der Waals surface area contributed by atoms with E-state index in [9.17, 15) is 8.42 Å². The topological polar surface area (TPSA) is 90.9 Å². The maximum absolute atomic E-state index is 11.8. The molecule has 2 heterocycles. The van der Waals surface area contributed by atoms with Crippen LogP contribution in [0.5, 0.6) is 23.4 Å². The quantitative estimate of drug-likeness (QED) is 0.442. The smallest absolute Gasteiger partial charge is 0.325 e. The van der Waals surface area contributed by atoms with Gasteiger partial charge in [0, 0.05) is 25.4 Å². The number of sulfonamides is 1. The molecule has 0 unspecified atom stereocenters. The second kappa shape index (κ2) is 10.2. The van der Waals surface area contributed by atoms with Crippen LogP contribution in [-0.2, 0) is 29.4 Å². The molecule has 0 bridgehead atoms. The zero-order valence-corrected chi connectivity index (χ0v) is 19.5. The third-order valence-corrected chi connectivity index (χ3v) is 6.70. The molecule has 3 aromatic rings. The molecule has 0 amide bonds. The summed E-state index contributed by atoms with van der Waals surface area (Å²) >= 11 is 0. The van der Waals surface area contributed by atoms with Crippen LogP contribution in [0.25, 0.3) is 0 Å². The van der Waals surface area contributed by atoms with Crippen LogP contribution in [0.15, 0.2) is 54.7 Å². The Kier molecular flexibility index (Phi) is 7.10. The molecule has 0 aliphatic carbocycles. The van der Waals surface area contributed by atoms with Gasteiger partial charge in [-0.2, -0.15) is 9.29 Å². The predicted molar refractivity (Wildman–Crippen MR) is 124 cm³/mol. The largest absolute Gasteiger partial charge is 0.494 e. The number of rotatable bonds is 9. The zero-order valence-electron chi connectivity index (χ0n) is 18.7. The first kappa shape index (κ1) is 23.0. The van der Waals surface area contributed by atoms with Crippen molar-refractivity contribution >= 4 is 10.0 Å². The number of ether oxygens (including phenoxy) is 3. The van der Waals surface area contributed by atoms with Gasteiger partial charge in [0.15, 0.2) is 0 Å². The van der Waals surface area contributed by atoms with E-state index < -0.39 is 10.0 Å². The number of nitrogens with zero attached hydrogens (tertiary/aromatic N) is 3. The number of hydrogen-bond donors (Lipinski definition) is 0. The molecule has 0 atom stereocenters. The van der Waals surface area contributed by atoms with Crippen LogP contribution >= 0.6 is 0 Å². The summed E-state index contributed by atoms with van der Waals surface area (Å²) in [4.78, 5) is 8.22. The summed E-state index contributed by atoms with van der Waals surface area (Å²) in [7, 11) is -1.62. The number of benzene rings is 2. The average molecular weight is 470 g/mol. The Morgan fingerprint density at radius 3 is 2.58 bits per heavy atom. The van der Waals surface area contributed by atoms with E-state index in [2.05, 4.69) is 9.97 Å². The summed E-state index contributed by atoms with van der Waals surface area (Å²) in [6.07, 6.45) is 5.30. The maximum Gasteiger partial charge on any atom is 0.325 e. The van der Waals surface area contributed by atoms with Gasteiger partial charge < -0.3 is 14.2 Å². The number of fused-ring (bicyclic) bond motifs is 1.